The van der Waals surface area contributed by atoms with Crippen LogP contribution in [0.5, 0.6) is 0 Å². The van der Waals surface area contributed by atoms with E-state index in [1.54, 1.807) is 17.9 Å². The van der Waals surface area contributed by atoms with E-state index in [2.05, 4.69) is 10.3 Å². The molecule has 1 N–H and O–H groups in total. The van der Waals surface area contributed by atoms with Gasteiger partial charge in [-0.3, -0.25) is 4.68 Å². The minimum Gasteiger partial charge on any atom is -0.390 e. The summed E-state index contributed by atoms with van der Waals surface area (Å²) in [5, 5.41) is 17.1. The number of ether oxygens (including phenoxy) is 1. The summed E-state index contributed by atoms with van der Waals surface area (Å²) in [4.78, 5) is 0. The molecule has 5 heteroatoms. The Labute approximate surface area is 77.3 Å². The van der Waals surface area contributed by atoms with Gasteiger partial charge in [0.2, 0.25) is 0 Å². The molecule has 0 radical (unpaired) electrons. The van der Waals surface area contributed by atoms with Crippen LogP contribution in [-0.4, -0.2) is 39.4 Å². The third kappa shape index (κ3) is 3.52. The molecule has 1 aromatic rings. The summed E-state index contributed by atoms with van der Waals surface area (Å²) in [5.41, 5.74) is 0.787. The molecule has 1 aromatic heterocycles. The summed E-state index contributed by atoms with van der Waals surface area (Å²) in [6.07, 6.45) is 1.79. The fourth-order valence-corrected chi connectivity index (χ4v) is 1.04. The van der Waals surface area contributed by atoms with Crippen molar-refractivity contribution in [1.29, 1.82) is 0 Å². The molecule has 74 valence electrons. The van der Waals surface area contributed by atoms with E-state index in [0.29, 0.717) is 19.6 Å². The maximum atomic E-state index is 9.44. The first-order valence-corrected chi connectivity index (χ1v) is 4.33. The normalized spacial score (nSPS) is 13.2. The Morgan fingerprint density at radius 3 is 3.00 bits per heavy atom. The average molecular weight is 185 g/mol. The molecule has 0 amide bonds. The molecular weight excluding hydrogens is 170 g/mol. The highest BCUT2D eigenvalue weighted by Gasteiger charge is 2.07. The Hall–Kier alpha value is -0.940. The van der Waals surface area contributed by atoms with Gasteiger partial charge in [0, 0.05) is 26.3 Å². The van der Waals surface area contributed by atoms with Gasteiger partial charge in [0.15, 0.2) is 0 Å². The van der Waals surface area contributed by atoms with Gasteiger partial charge in [-0.1, -0.05) is 5.21 Å². The van der Waals surface area contributed by atoms with E-state index in [4.69, 9.17) is 4.74 Å². The molecule has 0 aromatic carbocycles. The minimum absolute atomic E-state index is 0.354. The Bertz CT molecular complexity index is 249. The third-order valence-electron chi connectivity index (χ3n) is 1.61. The van der Waals surface area contributed by atoms with Gasteiger partial charge in [-0.2, -0.15) is 0 Å². The number of aliphatic hydroxyl groups excluding tert-OH is 1. The summed E-state index contributed by atoms with van der Waals surface area (Å²) >= 11 is 0. The van der Waals surface area contributed by atoms with E-state index in [1.807, 2.05) is 6.92 Å². The molecule has 0 bridgehead atoms. The second-order valence-corrected chi connectivity index (χ2v) is 2.90. The lowest BCUT2D eigenvalue weighted by atomic mass is 10.2. The van der Waals surface area contributed by atoms with Gasteiger partial charge in [0.1, 0.15) is 0 Å². The molecule has 0 aliphatic rings. The molecule has 1 heterocycles. The zero-order valence-electron chi connectivity index (χ0n) is 7.97. The predicted molar refractivity (Wildman–Crippen MR) is 47.2 cm³/mol. The van der Waals surface area contributed by atoms with Crippen LogP contribution in [0.1, 0.15) is 12.6 Å². The summed E-state index contributed by atoms with van der Waals surface area (Å²) < 4.78 is 6.68. The van der Waals surface area contributed by atoms with Crippen LogP contribution in [0.15, 0.2) is 6.20 Å². The van der Waals surface area contributed by atoms with Crippen molar-refractivity contribution < 1.29 is 9.84 Å². The van der Waals surface area contributed by atoms with Crippen LogP contribution in [0.4, 0.5) is 0 Å². The second kappa shape index (κ2) is 4.94. The van der Waals surface area contributed by atoms with Crippen LogP contribution in [0, 0.1) is 0 Å². The van der Waals surface area contributed by atoms with Crippen LogP contribution in [0.25, 0.3) is 0 Å². The highest BCUT2D eigenvalue weighted by atomic mass is 16.5. The topological polar surface area (TPSA) is 60.2 Å². The van der Waals surface area contributed by atoms with E-state index in [0.717, 1.165) is 5.69 Å². The lowest BCUT2D eigenvalue weighted by Crippen LogP contribution is -2.18. The number of hydrogen-bond acceptors (Lipinski definition) is 4. The van der Waals surface area contributed by atoms with Gasteiger partial charge in [-0.15, -0.1) is 5.10 Å². The number of aryl methyl sites for hydroxylation is 1. The zero-order chi connectivity index (χ0) is 9.68. The molecule has 1 atom stereocenters. The first kappa shape index (κ1) is 10.1. The van der Waals surface area contributed by atoms with Crippen molar-refractivity contribution in [3.63, 3.8) is 0 Å². The molecule has 5 nitrogen and oxygen atoms in total. The first-order valence-electron chi connectivity index (χ1n) is 4.33. The van der Waals surface area contributed by atoms with Crippen LogP contribution >= 0.6 is 0 Å². The van der Waals surface area contributed by atoms with Crippen LogP contribution in [0.3, 0.4) is 0 Å². The number of aromatic nitrogens is 3. The van der Waals surface area contributed by atoms with E-state index in [9.17, 15) is 5.11 Å². The third-order valence-corrected chi connectivity index (χ3v) is 1.61. The van der Waals surface area contributed by atoms with E-state index in [-0.39, 0.29) is 0 Å². The van der Waals surface area contributed by atoms with Crippen molar-refractivity contribution in [2.75, 3.05) is 13.2 Å². The highest BCUT2D eigenvalue weighted by Crippen LogP contribution is 1.98. The molecule has 13 heavy (non-hydrogen) atoms. The van der Waals surface area contributed by atoms with Crippen molar-refractivity contribution >= 4 is 0 Å². The van der Waals surface area contributed by atoms with Crippen LogP contribution in [-0.2, 0) is 18.2 Å². The van der Waals surface area contributed by atoms with Gasteiger partial charge in [0.05, 0.1) is 18.4 Å². The largest absolute Gasteiger partial charge is 0.390 e. The fraction of sp³-hybridized carbons (Fsp3) is 0.750. The SMILES string of the molecule is CCOCC(O)Cc1cn(C)nn1. The Morgan fingerprint density at radius 1 is 1.69 bits per heavy atom. The molecule has 1 rings (SSSR count). The molecule has 0 fully saturated rings. The highest BCUT2D eigenvalue weighted by molar-refractivity contribution is 4.93. The fourth-order valence-electron chi connectivity index (χ4n) is 1.04. The molecule has 1 unspecified atom stereocenters. The molecule has 0 saturated heterocycles. The predicted octanol–water partition coefficient (Wildman–Crippen LogP) is -0.245. The van der Waals surface area contributed by atoms with E-state index in [1.165, 1.54) is 0 Å². The molecule has 0 saturated carbocycles. The molecule has 0 spiro atoms. The Morgan fingerprint density at radius 2 is 2.46 bits per heavy atom. The van der Waals surface area contributed by atoms with Crippen molar-refractivity contribution in [2.45, 2.75) is 19.4 Å². The second-order valence-electron chi connectivity index (χ2n) is 2.90. The van der Waals surface area contributed by atoms with Crippen LogP contribution in [0.2, 0.25) is 0 Å². The summed E-state index contributed by atoms with van der Waals surface area (Å²) in [6, 6.07) is 0. The quantitative estimate of drug-likeness (QED) is 0.687. The van der Waals surface area contributed by atoms with Gasteiger partial charge < -0.3 is 9.84 Å². The average Bonchev–Trinajstić information content (AvgIpc) is 2.48. The molecular formula is C8H15N3O2. The van der Waals surface area contributed by atoms with Crippen molar-refractivity contribution in [3.8, 4) is 0 Å². The monoisotopic (exact) mass is 185 g/mol. The Balaban J connectivity index is 2.31. The van der Waals surface area contributed by atoms with Crippen molar-refractivity contribution in [1.82, 2.24) is 15.0 Å². The van der Waals surface area contributed by atoms with Gasteiger partial charge in [-0.25, -0.2) is 0 Å². The first-order chi connectivity index (χ1) is 6.22. The van der Waals surface area contributed by atoms with E-state index >= 15 is 0 Å². The zero-order valence-corrected chi connectivity index (χ0v) is 7.97. The van der Waals surface area contributed by atoms with Crippen molar-refractivity contribution in [3.05, 3.63) is 11.9 Å². The maximum absolute atomic E-state index is 9.44. The van der Waals surface area contributed by atoms with Gasteiger partial charge >= 0.3 is 0 Å². The standard InChI is InChI=1S/C8H15N3O2/c1-3-13-6-8(12)4-7-5-11(2)10-9-7/h5,8,12H,3-4,6H2,1-2H3. The lowest BCUT2D eigenvalue weighted by Gasteiger charge is -2.07. The van der Waals surface area contributed by atoms with Crippen molar-refractivity contribution in [2.24, 2.45) is 7.05 Å². The smallest absolute Gasteiger partial charge is 0.0853 e. The van der Waals surface area contributed by atoms with Gasteiger partial charge in [-0.05, 0) is 6.92 Å². The number of nitrogens with zero attached hydrogens (tertiary/aromatic N) is 3. The maximum Gasteiger partial charge on any atom is 0.0853 e. The molecule has 0 aliphatic carbocycles. The van der Waals surface area contributed by atoms with Crippen LogP contribution < -0.4 is 0 Å². The lowest BCUT2D eigenvalue weighted by molar-refractivity contribution is 0.0425. The number of aliphatic hydroxyl groups is 1. The summed E-state index contributed by atoms with van der Waals surface area (Å²) in [7, 11) is 1.80. The van der Waals surface area contributed by atoms with E-state index < -0.39 is 6.10 Å². The summed E-state index contributed by atoms with van der Waals surface area (Å²) in [6.45, 7) is 2.87. The summed E-state index contributed by atoms with van der Waals surface area (Å²) in [5.74, 6) is 0. The Kier molecular flexibility index (Phi) is 3.85. The van der Waals surface area contributed by atoms with Gasteiger partial charge in [0.25, 0.3) is 0 Å². The number of rotatable bonds is 5. The minimum atomic E-state index is -0.489. The number of hydrogen-bond donors (Lipinski definition) is 1. The molecule has 0 aliphatic heterocycles.